The lowest BCUT2D eigenvalue weighted by Gasteiger charge is -2.29. The van der Waals surface area contributed by atoms with E-state index in [1.807, 2.05) is 18.3 Å². The molecule has 13 heteroatoms. The number of amides is 1. The highest BCUT2D eigenvalue weighted by molar-refractivity contribution is 7.99. The highest BCUT2D eigenvalue weighted by Gasteiger charge is 2.23. The number of hydrogen-bond acceptors (Lipinski definition) is 8. The van der Waals surface area contributed by atoms with E-state index in [9.17, 15) is 14.0 Å². The molecular formula is C28H26Cl3FN4O4S. The quantitative estimate of drug-likeness (QED) is 0.189. The third-order valence-electron chi connectivity index (χ3n) is 5.94. The molecule has 0 unspecified atom stereocenters. The zero-order chi connectivity index (χ0) is 29.7. The number of aromatic nitrogens is 1. The second-order valence-corrected chi connectivity index (χ2v) is 12.8. The Bertz CT molecular complexity index is 1480. The smallest absolute Gasteiger partial charge is 0.411 e. The Hall–Kier alpha value is -3.18. The van der Waals surface area contributed by atoms with Gasteiger partial charge in [-0.25, -0.2) is 14.0 Å². The summed E-state index contributed by atoms with van der Waals surface area (Å²) in [5.74, 6) is -1.18. The summed E-state index contributed by atoms with van der Waals surface area (Å²) in [7, 11) is 1.31. The van der Waals surface area contributed by atoms with E-state index in [0.717, 1.165) is 16.9 Å². The number of halogens is 4. The van der Waals surface area contributed by atoms with Gasteiger partial charge in [0.2, 0.25) is 3.79 Å². The first-order chi connectivity index (χ1) is 19.4. The molecule has 1 aliphatic heterocycles. The number of methoxy groups -OCH3 is 1. The van der Waals surface area contributed by atoms with E-state index >= 15 is 0 Å². The lowest BCUT2D eigenvalue weighted by atomic mass is 10.1. The average molecular weight is 640 g/mol. The van der Waals surface area contributed by atoms with E-state index in [-0.39, 0.29) is 5.69 Å². The minimum atomic E-state index is -1.79. The fraction of sp³-hybridized carbons (Fsp3) is 0.250. The van der Waals surface area contributed by atoms with Gasteiger partial charge in [0, 0.05) is 39.5 Å². The monoisotopic (exact) mass is 638 g/mol. The predicted molar refractivity (Wildman–Crippen MR) is 161 cm³/mol. The lowest BCUT2D eigenvalue weighted by molar-refractivity contribution is 0.0600. The van der Waals surface area contributed by atoms with Crippen molar-refractivity contribution in [1.29, 1.82) is 0 Å². The van der Waals surface area contributed by atoms with Crippen molar-refractivity contribution in [2.24, 2.45) is 0 Å². The molecule has 0 saturated heterocycles. The van der Waals surface area contributed by atoms with Crippen LogP contribution in [0.15, 0.2) is 64.7 Å². The third kappa shape index (κ3) is 8.19. The fourth-order valence-electron chi connectivity index (χ4n) is 3.88. The molecule has 2 N–H and O–H groups in total. The topological polar surface area (TPSA) is 92.8 Å². The first kappa shape index (κ1) is 30.8. The standard InChI is InChI=1S/C28H26Cl3FN4O4S/c1-16(2)36-11-9-19-21(8-10-33-24(19)14-36)34-23-12-17(26(37)39-3)4-7-25(23)41-18-5-6-22(20(32)13-18)35-27(38)40-15-28(29,30)31/h4-13,16H,14-15H2,1-3H3,(H,33,34)(H,35,38). The maximum Gasteiger partial charge on any atom is 0.411 e. The molecular weight excluding hydrogens is 614 g/mol. The number of nitrogens with zero attached hydrogens (tertiary/aromatic N) is 2. The van der Waals surface area contributed by atoms with Crippen molar-refractivity contribution in [3.05, 3.63) is 77.5 Å². The Morgan fingerprint density at radius 2 is 1.90 bits per heavy atom. The number of ether oxygens (including phenoxy) is 2. The van der Waals surface area contributed by atoms with E-state index in [1.165, 1.54) is 31.0 Å². The minimum Gasteiger partial charge on any atom is -0.465 e. The highest BCUT2D eigenvalue weighted by Crippen LogP contribution is 2.38. The molecule has 41 heavy (non-hydrogen) atoms. The number of esters is 1. The van der Waals surface area contributed by atoms with Crippen molar-refractivity contribution in [3.63, 3.8) is 0 Å². The molecule has 8 nitrogen and oxygen atoms in total. The van der Waals surface area contributed by atoms with Gasteiger partial charge in [-0.1, -0.05) is 46.6 Å². The van der Waals surface area contributed by atoms with Crippen LogP contribution in [0.5, 0.6) is 0 Å². The molecule has 216 valence electrons. The highest BCUT2D eigenvalue weighted by atomic mass is 35.6. The first-order valence-corrected chi connectivity index (χ1v) is 14.3. The van der Waals surface area contributed by atoms with Crippen LogP contribution in [0.1, 0.15) is 35.5 Å². The SMILES string of the molecule is COC(=O)c1ccc(Sc2ccc(NC(=O)OCC(Cl)(Cl)Cl)c(F)c2)c(Nc2ccnc3c2C=CN(C(C)C)C3)c1. The Labute approximate surface area is 256 Å². The van der Waals surface area contributed by atoms with Crippen molar-refractivity contribution >= 4 is 81.8 Å². The van der Waals surface area contributed by atoms with Crippen LogP contribution in [0.4, 0.5) is 26.2 Å². The molecule has 0 spiro atoms. The summed E-state index contributed by atoms with van der Waals surface area (Å²) < 4.78 is 22.8. The molecule has 0 aliphatic carbocycles. The number of rotatable bonds is 8. The predicted octanol–water partition coefficient (Wildman–Crippen LogP) is 8.02. The van der Waals surface area contributed by atoms with E-state index in [0.29, 0.717) is 33.6 Å². The number of fused-ring (bicyclic) bond motifs is 1. The van der Waals surface area contributed by atoms with Crippen LogP contribution in [0.25, 0.3) is 6.08 Å². The van der Waals surface area contributed by atoms with Gasteiger partial charge in [0.05, 0.1) is 36.3 Å². The molecule has 3 aromatic rings. The van der Waals surface area contributed by atoms with Crippen molar-refractivity contribution < 1.29 is 23.5 Å². The van der Waals surface area contributed by atoms with Gasteiger partial charge in [-0.05, 0) is 62.4 Å². The van der Waals surface area contributed by atoms with Crippen molar-refractivity contribution in [1.82, 2.24) is 9.88 Å². The number of benzene rings is 2. The van der Waals surface area contributed by atoms with Crippen molar-refractivity contribution in [3.8, 4) is 0 Å². The largest absolute Gasteiger partial charge is 0.465 e. The van der Waals surface area contributed by atoms with Crippen LogP contribution >= 0.6 is 46.6 Å². The zero-order valence-electron chi connectivity index (χ0n) is 22.2. The number of alkyl halides is 3. The number of pyridine rings is 1. The van der Waals surface area contributed by atoms with E-state index in [1.54, 1.807) is 30.5 Å². The Balaban J connectivity index is 1.59. The second kappa shape index (κ2) is 13.2. The molecule has 0 fully saturated rings. The van der Waals surface area contributed by atoms with E-state index < -0.39 is 28.3 Å². The fourth-order valence-corrected chi connectivity index (χ4v) is 4.95. The summed E-state index contributed by atoms with van der Waals surface area (Å²) in [5.41, 5.74) is 3.52. The van der Waals surface area contributed by atoms with Gasteiger partial charge in [-0.15, -0.1) is 0 Å². The van der Waals surface area contributed by atoms with Gasteiger partial charge in [0.15, 0.2) is 0 Å². The van der Waals surface area contributed by atoms with Gasteiger partial charge < -0.3 is 19.7 Å². The van der Waals surface area contributed by atoms with E-state index in [2.05, 4.69) is 34.4 Å². The van der Waals surface area contributed by atoms with Crippen molar-refractivity contribution in [2.75, 3.05) is 24.4 Å². The van der Waals surface area contributed by atoms with E-state index in [4.69, 9.17) is 44.3 Å². The van der Waals surface area contributed by atoms with Gasteiger partial charge in [-0.2, -0.15) is 0 Å². The number of carbonyl (C=O) groups is 2. The molecule has 4 rings (SSSR count). The van der Waals surface area contributed by atoms with Crippen molar-refractivity contribution in [2.45, 2.75) is 40.0 Å². The molecule has 1 amide bonds. The van der Waals surface area contributed by atoms with Gasteiger partial charge in [0.25, 0.3) is 0 Å². The minimum absolute atomic E-state index is 0.103. The molecule has 2 aromatic carbocycles. The number of carbonyl (C=O) groups excluding carboxylic acids is 2. The maximum absolute atomic E-state index is 14.9. The van der Waals surface area contributed by atoms with Crippen LogP contribution in [0, 0.1) is 5.82 Å². The number of hydrogen-bond donors (Lipinski definition) is 2. The molecule has 1 aliphatic rings. The van der Waals surface area contributed by atoms with Gasteiger partial charge >= 0.3 is 12.1 Å². The summed E-state index contributed by atoms with van der Waals surface area (Å²) in [6.45, 7) is 4.40. The third-order valence-corrected chi connectivity index (χ3v) is 7.34. The van der Waals surface area contributed by atoms with Crippen LogP contribution in [-0.4, -0.2) is 45.5 Å². The average Bonchev–Trinajstić information content (AvgIpc) is 2.93. The van der Waals surface area contributed by atoms with Crippen LogP contribution in [-0.2, 0) is 16.0 Å². The summed E-state index contributed by atoms with van der Waals surface area (Å²) in [6, 6.07) is 11.5. The Morgan fingerprint density at radius 1 is 1.12 bits per heavy atom. The summed E-state index contributed by atoms with van der Waals surface area (Å²) in [6.07, 6.45) is 4.80. The summed E-state index contributed by atoms with van der Waals surface area (Å²) in [4.78, 5) is 32.2. The molecule has 0 atom stereocenters. The first-order valence-electron chi connectivity index (χ1n) is 12.3. The second-order valence-electron chi connectivity index (χ2n) is 9.19. The Kier molecular flexibility index (Phi) is 9.91. The van der Waals surface area contributed by atoms with Gasteiger partial charge in [-0.3, -0.25) is 10.3 Å². The molecule has 0 bridgehead atoms. The van der Waals surface area contributed by atoms with Crippen LogP contribution in [0.3, 0.4) is 0 Å². The number of nitrogens with one attached hydrogen (secondary N) is 2. The zero-order valence-corrected chi connectivity index (χ0v) is 25.3. The summed E-state index contributed by atoms with van der Waals surface area (Å²) >= 11 is 18.0. The molecule has 2 heterocycles. The lowest BCUT2D eigenvalue weighted by Crippen LogP contribution is -2.27. The van der Waals surface area contributed by atoms with Crippen LogP contribution in [0.2, 0.25) is 0 Å². The maximum atomic E-state index is 14.9. The Morgan fingerprint density at radius 3 is 2.59 bits per heavy atom. The normalized spacial score (nSPS) is 12.6. The number of anilines is 3. The van der Waals surface area contributed by atoms with Crippen LogP contribution < -0.4 is 10.6 Å². The molecule has 0 saturated carbocycles. The molecule has 0 radical (unpaired) electrons. The summed E-state index contributed by atoms with van der Waals surface area (Å²) in [5, 5.41) is 5.71. The molecule has 1 aromatic heterocycles. The van der Waals surface area contributed by atoms with Gasteiger partial charge in [0.1, 0.15) is 12.4 Å².